The Morgan fingerprint density at radius 3 is 2.47 bits per heavy atom. The number of aromatic nitrogens is 2. The number of aromatic amines is 1. The van der Waals surface area contributed by atoms with Crippen LogP contribution >= 0.6 is 24.0 Å². The number of thioether (sulfide) groups is 1. The first-order valence-corrected chi connectivity index (χ1v) is 10.6. The number of para-hydroxylation sites is 1. The van der Waals surface area contributed by atoms with E-state index in [4.69, 9.17) is 17.0 Å². The summed E-state index contributed by atoms with van der Waals surface area (Å²) in [6, 6.07) is 16.5. The van der Waals surface area contributed by atoms with Gasteiger partial charge in [0.15, 0.2) is 4.77 Å². The summed E-state index contributed by atoms with van der Waals surface area (Å²) in [6.45, 7) is 0. The lowest BCUT2D eigenvalue weighted by molar-refractivity contribution is 0.431. The molecule has 2 aromatic carbocycles. The molecule has 0 bridgehead atoms. The lowest BCUT2D eigenvalue weighted by atomic mass is 10.2. The van der Waals surface area contributed by atoms with E-state index >= 15 is 0 Å². The Kier molecular flexibility index (Phi) is 5.69. The van der Waals surface area contributed by atoms with Crippen molar-refractivity contribution in [2.24, 2.45) is 4.99 Å². The number of ether oxygens (including phenoxy) is 1. The zero-order valence-corrected chi connectivity index (χ0v) is 17.5. The molecule has 0 atom stereocenters. The zero-order chi connectivity index (χ0) is 21.1. The third-order valence-electron chi connectivity index (χ3n) is 4.33. The predicted octanol–water partition coefficient (Wildman–Crippen LogP) is 5.07. The van der Waals surface area contributed by atoms with E-state index in [0.29, 0.717) is 17.1 Å². The number of rotatable bonds is 4. The fraction of sp³-hybridized carbons (Fsp3) is 0.0455. The fourth-order valence-corrected chi connectivity index (χ4v) is 3.58. The molecule has 0 spiro atoms. The first-order valence-electron chi connectivity index (χ1n) is 8.99. The molecule has 1 aliphatic heterocycles. The predicted molar refractivity (Wildman–Crippen MR) is 123 cm³/mol. The minimum Gasteiger partial charge on any atom is -0.494 e. The number of aliphatic imine (C=N–C) groups is 1. The number of aromatic hydroxyl groups is 1. The van der Waals surface area contributed by atoms with E-state index in [1.807, 2.05) is 42.7 Å². The molecule has 0 radical (unpaired) electrons. The average Bonchev–Trinajstić information content (AvgIpc) is 3.21. The summed E-state index contributed by atoms with van der Waals surface area (Å²) >= 11 is 6.78. The van der Waals surface area contributed by atoms with Gasteiger partial charge in [-0.1, -0.05) is 18.2 Å². The Bertz CT molecular complexity index is 1290. The van der Waals surface area contributed by atoms with Crippen molar-refractivity contribution in [1.82, 2.24) is 9.55 Å². The average molecular weight is 436 g/mol. The molecule has 1 aromatic heterocycles. The van der Waals surface area contributed by atoms with Crippen LogP contribution in [0.4, 0.5) is 0 Å². The summed E-state index contributed by atoms with van der Waals surface area (Å²) in [7, 11) is 0. The van der Waals surface area contributed by atoms with Crippen molar-refractivity contribution in [2.45, 2.75) is 0 Å². The van der Waals surface area contributed by atoms with Crippen molar-refractivity contribution in [1.29, 1.82) is 0 Å². The molecular weight excluding hydrogens is 418 g/mol. The van der Waals surface area contributed by atoms with Crippen LogP contribution < -0.4 is 10.3 Å². The van der Waals surface area contributed by atoms with Gasteiger partial charge in [-0.3, -0.25) is 14.3 Å². The monoisotopic (exact) mass is 435 g/mol. The van der Waals surface area contributed by atoms with Gasteiger partial charge < -0.3 is 9.84 Å². The zero-order valence-electron chi connectivity index (χ0n) is 15.9. The molecule has 0 saturated carbocycles. The number of nitrogens with one attached hydrogen (secondary N) is 1. The number of nitrogens with zero attached hydrogens (tertiary/aromatic N) is 2. The minimum atomic E-state index is -0.480. The summed E-state index contributed by atoms with van der Waals surface area (Å²) in [4.78, 5) is 19.4. The Balaban J connectivity index is 1.70. The lowest BCUT2D eigenvalue weighted by Crippen LogP contribution is -2.16. The second-order valence-electron chi connectivity index (χ2n) is 6.30. The third kappa shape index (κ3) is 4.14. The molecule has 0 aliphatic carbocycles. The first kappa shape index (κ1) is 19.9. The van der Waals surface area contributed by atoms with Crippen molar-refractivity contribution >= 4 is 35.1 Å². The molecular formula is C22H17N3O3S2. The second-order valence-corrected chi connectivity index (χ2v) is 7.51. The molecule has 6 nitrogen and oxygen atoms in total. The van der Waals surface area contributed by atoms with Crippen molar-refractivity contribution < 1.29 is 9.84 Å². The minimum absolute atomic E-state index is 0.0824. The van der Waals surface area contributed by atoms with E-state index < -0.39 is 5.56 Å². The van der Waals surface area contributed by atoms with Crippen LogP contribution in [0.25, 0.3) is 11.8 Å². The SMILES string of the molecule is CSC1=NC(=Cc2c(O)n(-c3ccc(Oc4ccccc4)cc3)c(=S)[nH]c2=O)C=C1. The molecule has 0 fully saturated rings. The second kappa shape index (κ2) is 8.56. The molecule has 4 rings (SSSR count). The lowest BCUT2D eigenvalue weighted by Gasteiger charge is -2.12. The third-order valence-corrected chi connectivity index (χ3v) is 5.26. The Hall–Kier alpha value is -3.36. The van der Waals surface area contributed by atoms with Gasteiger partial charge in [-0.25, -0.2) is 4.99 Å². The maximum Gasteiger partial charge on any atom is 0.262 e. The van der Waals surface area contributed by atoms with Crippen molar-refractivity contribution in [2.75, 3.05) is 6.26 Å². The van der Waals surface area contributed by atoms with Gasteiger partial charge in [0, 0.05) is 0 Å². The van der Waals surface area contributed by atoms with Gasteiger partial charge in [-0.2, -0.15) is 0 Å². The van der Waals surface area contributed by atoms with Crippen LogP contribution in [0.2, 0.25) is 0 Å². The molecule has 2 heterocycles. The summed E-state index contributed by atoms with van der Waals surface area (Å²) in [5.41, 5.74) is 0.768. The smallest absolute Gasteiger partial charge is 0.262 e. The summed E-state index contributed by atoms with van der Waals surface area (Å²) in [5, 5.41) is 11.6. The maximum absolute atomic E-state index is 12.4. The highest BCUT2D eigenvalue weighted by atomic mass is 32.2. The van der Waals surface area contributed by atoms with E-state index in [0.717, 1.165) is 10.8 Å². The standard InChI is InChI=1S/C22H17N3O3S2/c1-30-19-12-7-14(23-19)13-18-20(26)24-22(29)25(21(18)27)15-8-10-17(11-9-15)28-16-5-3-2-4-6-16/h2-13,27H,1H3,(H,24,26,29). The highest BCUT2D eigenvalue weighted by molar-refractivity contribution is 8.13. The van der Waals surface area contributed by atoms with Crippen molar-refractivity contribution in [3.8, 4) is 23.1 Å². The Labute approximate surface area is 181 Å². The van der Waals surface area contributed by atoms with E-state index in [1.54, 1.807) is 30.3 Å². The van der Waals surface area contributed by atoms with Gasteiger partial charge >= 0.3 is 0 Å². The van der Waals surface area contributed by atoms with Crippen LogP contribution in [-0.2, 0) is 0 Å². The van der Waals surface area contributed by atoms with Crippen molar-refractivity contribution in [3.63, 3.8) is 0 Å². The molecule has 3 aromatic rings. The number of H-pyrrole nitrogens is 1. The summed E-state index contributed by atoms with van der Waals surface area (Å²) < 4.78 is 7.28. The van der Waals surface area contributed by atoms with E-state index in [1.165, 1.54) is 22.4 Å². The number of hydrogen-bond acceptors (Lipinski definition) is 6. The molecule has 0 saturated heterocycles. The quantitative estimate of drug-likeness (QED) is 0.560. The van der Waals surface area contributed by atoms with E-state index in [9.17, 15) is 9.90 Å². The van der Waals surface area contributed by atoms with Crippen molar-refractivity contribution in [3.05, 3.63) is 93.1 Å². The van der Waals surface area contributed by atoms with E-state index in [2.05, 4.69) is 9.98 Å². The van der Waals surface area contributed by atoms with Gasteiger partial charge in [-0.15, -0.1) is 11.8 Å². The molecule has 150 valence electrons. The number of benzene rings is 2. The van der Waals surface area contributed by atoms with Crippen LogP contribution in [0.5, 0.6) is 17.4 Å². The molecule has 8 heteroatoms. The van der Waals surface area contributed by atoms with Gasteiger partial charge in [-0.05, 0) is 73.1 Å². The van der Waals surface area contributed by atoms with Gasteiger partial charge in [0.25, 0.3) is 5.56 Å². The number of hydrogen-bond donors (Lipinski definition) is 2. The topological polar surface area (TPSA) is 79.6 Å². The fourth-order valence-electron chi connectivity index (χ4n) is 2.90. The molecule has 0 amide bonds. The van der Waals surface area contributed by atoms with Gasteiger partial charge in [0.05, 0.1) is 16.4 Å². The summed E-state index contributed by atoms with van der Waals surface area (Å²) in [5.74, 6) is 1.10. The Morgan fingerprint density at radius 1 is 1.10 bits per heavy atom. The normalized spacial score (nSPS) is 14.2. The van der Waals surface area contributed by atoms with Crippen LogP contribution in [0, 0.1) is 4.77 Å². The molecule has 30 heavy (non-hydrogen) atoms. The first-order chi connectivity index (χ1) is 14.5. The maximum atomic E-state index is 12.4. The molecule has 0 unspecified atom stereocenters. The van der Waals surface area contributed by atoms with Crippen LogP contribution in [-0.4, -0.2) is 26.0 Å². The highest BCUT2D eigenvalue weighted by Gasteiger charge is 2.14. The highest BCUT2D eigenvalue weighted by Crippen LogP contribution is 2.26. The Morgan fingerprint density at radius 2 is 1.80 bits per heavy atom. The largest absolute Gasteiger partial charge is 0.494 e. The van der Waals surface area contributed by atoms with Crippen LogP contribution in [0.15, 0.2) is 82.2 Å². The van der Waals surface area contributed by atoms with Gasteiger partial charge in [0.2, 0.25) is 5.88 Å². The van der Waals surface area contributed by atoms with E-state index in [-0.39, 0.29) is 16.2 Å². The van der Waals surface area contributed by atoms with Crippen LogP contribution in [0.1, 0.15) is 5.56 Å². The number of allylic oxidation sites excluding steroid dienone is 1. The van der Waals surface area contributed by atoms with Crippen LogP contribution in [0.3, 0.4) is 0 Å². The molecule has 2 N–H and O–H groups in total. The van der Waals surface area contributed by atoms with Gasteiger partial charge in [0.1, 0.15) is 17.1 Å². The molecule has 1 aliphatic rings. The summed E-state index contributed by atoms with van der Waals surface area (Å²) in [6.07, 6.45) is 7.09.